The number of carbonyl (C=O) groups excluding carboxylic acids is 2. The first-order chi connectivity index (χ1) is 19.8. The summed E-state index contributed by atoms with van der Waals surface area (Å²) in [4.78, 5) is 29.5. The van der Waals surface area contributed by atoms with Crippen LogP contribution in [0.4, 0.5) is 5.69 Å². The molecule has 224 valence electrons. The average molecular weight is 659 g/mol. The van der Waals surface area contributed by atoms with Crippen LogP contribution in [0.3, 0.4) is 0 Å². The van der Waals surface area contributed by atoms with Gasteiger partial charge in [-0.3, -0.25) is 13.9 Å². The SMILES string of the molecule is CC(C)(C)NC(=O)C(Cc1ccccc1)N(Cc1cccc(Br)c1)C(=O)CN(c1ccc2c(c1)OCCO2)S(C)(=O)=O. The van der Waals surface area contributed by atoms with Crippen molar-refractivity contribution in [3.05, 3.63) is 88.4 Å². The van der Waals surface area contributed by atoms with Crippen molar-refractivity contribution in [3.8, 4) is 11.5 Å². The lowest BCUT2D eigenvalue weighted by atomic mass is 10.0. The molecule has 0 saturated heterocycles. The molecule has 1 aliphatic heterocycles. The summed E-state index contributed by atoms with van der Waals surface area (Å²) in [6.45, 7) is 5.92. The number of ether oxygens (including phenoxy) is 2. The summed E-state index contributed by atoms with van der Waals surface area (Å²) >= 11 is 3.48. The maximum atomic E-state index is 14.2. The number of benzene rings is 3. The van der Waals surface area contributed by atoms with Crippen molar-refractivity contribution in [2.75, 3.05) is 30.3 Å². The molecule has 0 saturated carbocycles. The molecule has 4 rings (SSSR count). The topological polar surface area (TPSA) is 105 Å². The zero-order chi connectivity index (χ0) is 30.5. The van der Waals surface area contributed by atoms with Gasteiger partial charge in [-0.1, -0.05) is 58.4 Å². The number of nitrogens with one attached hydrogen (secondary N) is 1. The van der Waals surface area contributed by atoms with Gasteiger partial charge in [-0.05, 0) is 56.2 Å². The number of hydrogen-bond acceptors (Lipinski definition) is 6. The molecular formula is C31H36BrN3O6S. The van der Waals surface area contributed by atoms with Crippen LogP contribution in [0, 0.1) is 0 Å². The lowest BCUT2D eigenvalue weighted by Gasteiger charge is -2.35. The third-order valence-electron chi connectivity index (χ3n) is 6.50. The molecule has 42 heavy (non-hydrogen) atoms. The molecule has 1 atom stereocenters. The fraction of sp³-hybridized carbons (Fsp3) is 0.355. The fourth-order valence-electron chi connectivity index (χ4n) is 4.64. The Morgan fingerprint density at radius 1 is 0.929 bits per heavy atom. The molecule has 1 N–H and O–H groups in total. The van der Waals surface area contributed by atoms with Crippen LogP contribution in [-0.4, -0.2) is 62.7 Å². The molecule has 0 bridgehead atoms. The second-order valence-electron chi connectivity index (χ2n) is 11.2. The molecule has 2 amide bonds. The molecule has 3 aromatic rings. The predicted octanol–water partition coefficient (Wildman–Crippen LogP) is 4.54. The number of anilines is 1. The van der Waals surface area contributed by atoms with Crippen LogP contribution in [0.1, 0.15) is 31.9 Å². The fourth-order valence-corrected chi connectivity index (χ4v) is 5.93. The highest BCUT2D eigenvalue weighted by Crippen LogP contribution is 2.35. The Kier molecular flexibility index (Phi) is 9.83. The summed E-state index contributed by atoms with van der Waals surface area (Å²) in [6, 6.07) is 20.7. The molecule has 0 spiro atoms. The number of hydrogen-bond donors (Lipinski definition) is 1. The monoisotopic (exact) mass is 657 g/mol. The minimum atomic E-state index is -3.90. The van der Waals surface area contributed by atoms with Crippen LogP contribution in [0.2, 0.25) is 0 Å². The van der Waals surface area contributed by atoms with Crippen LogP contribution in [0.5, 0.6) is 11.5 Å². The molecule has 1 aliphatic rings. The van der Waals surface area contributed by atoms with Gasteiger partial charge in [-0.15, -0.1) is 0 Å². The van der Waals surface area contributed by atoms with Crippen molar-refractivity contribution in [2.45, 2.75) is 45.3 Å². The van der Waals surface area contributed by atoms with Gasteiger partial charge in [0.05, 0.1) is 11.9 Å². The Hall–Kier alpha value is -3.57. The highest BCUT2D eigenvalue weighted by molar-refractivity contribution is 9.10. The number of sulfonamides is 1. The van der Waals surface area contributed by atoms with E-state index in [0.717, 1.165) is 26.2 Å². The van der Waals surface area contributed by atoms with E-state index in [1.165, 1.54) is 4.90 Å². The normalized spacial score (nSPS) is 13.6. The van der Waals surface area contributed by atoms with Gasteiger partial charge in [0.1, 0.15) is 25.8 Å². The van der Waals surface area contributed by atoms with E-state index < -0.39 is 34.1 Å². The van der Waals surface area contributed by atoms with E-state index in [1.807, 2.05) is 75.4 Å². The van der Waals surface area contributed by atoms with Gasteiger partial charge in [0.2, 0.25) is 21.8 Å². The summed E-state index contributed by atoms with van der Waals surface area (Å²) in [5.74, 6) is 0.0420. The average Bonchev–Trinajstić information content (AvgIpc) is 2.92. The van der Waals surface area contributed by atoms with Gasteiger partial charge < -0.3 is 19.7 Å². The Morgan fingerprint density at radius 3 is 2.24 bits per heavy atom. The van der Waals surface area contributed by atoms with Crippen molar-refractivity contribution in [1.82, 2.24) is 10.2 Å². The number of halogens is 1. The van der Waals surface area contributed by atoms with Gasteiger partial charge in [-0.2, -0.15) is 0 Å². The van der Waals surface area contributed by atoms with Gasteiger partial charge in [0.15, 0.2) is 11.5 Å². The minimum absolute atomic E-state index is 0.0894. The summed E-state index contributed by atoms with van der Waals surface area (Å²) in [7, 11) is -3.90. The zero-order valence-electron chi connectivity index (χ0n) is 24.2. The third kappa shape index (κ3) is 8.48. The molecule has 9 nitrogen and oxygen atoms in total. The number of amides is 2. The second kappa shape index (κ2) is 13.2. The van der Waals surface area contributed by atoms with Gasteiger partial charge in [0.25, 0.3) is 0 Å². The molecule has 1 unspecified atom stereocenters. The smallest absolute Gasteiger partial charge is 0.244 e. The Bertz CT molecular complexity index is 1530. The standard InChI is InChI=1S/C31H36BrN3O6S/c1-31(2,3)33-30(37)26(18-22-9-6-5-7-10-22)34(20-23-11-8-12-24(32)17-23)29(36)21-35(42(4,38)39)25-13-14-27-28(19-25)41-16-15-40-27/h5-14,17,19,26H,15-16,18,20-21H2,1-4H3,(H,33,37). The molecule has 11 heteroatoms. The van der Waals surface area contributed by atoms with Crippen LogP contribution >= 0.6 is 15.9 Å². The van der Waals surface area contributed by atoms with E-state index in [1.54, 1.807) is 18.2 Å². The summed E-state index contributed by atoms with van der Waals surface area (Å²) < 4.78 is 39.2. The lowest BCUT2D eigenvalue weighted by molar-refractivity contribution is -0.140. The first kappa shape index (κ1) is 31.4. The van der Waals surface area contributed by atoms with E-state index in [4.69, 9.17) is 9.47 Å². The van der Waals surface area contributed by atoms with E-state index in [-0.39, 0.29) is 24.6 Å². The maximum Gasteiger partial charge on any atom is 0.244 e. The Labute approximate surface area is 256 Å². The highest BCUT2D eigenvalue weighted by Gasteiger charge is 2.34. The van der Waals surface area contributed by atoms with E-state index in [2.05, 4.69) is 21.2 Å². The van der Waals surface area contributed by atoms with Crippen LogP contribution in [-0.2, 0) is 32.6 Å². The van der Waals surface area contributed by atoms with Crippen molar-refractivity contribution in [3.63, 3.8) is 0 Å². The molecular weight excluding hydrogens is 622 g/mol. The number of carbonyl (C=O) groups is 2. The van der Waals surface area contributed by atoms with Gasteiger partial charge >= 0.3 is 0 Å². The Balaban J connectivity index is 1.74. The quantitative estimate of drug-likeness (QED) is 0.343. The first-order valence-corrected chi connectivity index (χ1v) is 16.2. The van der Waals surface area contributed by atoms with Gasteiger partial charge in [0, 0.05) is 29.0 Å². The van der Waals surface area contributed by atoms with Crippen LogP contribution in [0.25, 0.3) is 0 Å². The van der Waals surface area contributed by atoms with E-state index >= 15 is 0 Å². The number of nitrogens with zero attached hydrogens (tertiary/aromatic N) is 2. The molecule has 0 aliphatic carbocycles. The number of rotatable bonds is 10. The van der Waals surface area contributed by atoms with Crippen molar-refractivity contribution >= 4 is 43.5 Å². The molecule has 3 aromatic carbocycles. The zero-order valence-corrected chi connectivity index (χ0v) is 26.6. The van der Waals surface area contributed by atoms with E-state index in [9.17, 15) is 18.0 Å². The van der Waals surface area contributed by atoms with Crippen molar-refractivity contribution in [1.29, 1.82) is 0 Å². The largest absolute Gasteiger partial charge is 0.486 e. The van der Waals surface area contributed by atoms with Crippen LogP contribution in [0.15, 0.2) is 77.3 Å². The molecule has 0 fully saturated rings. The number of fused-ring (bicyclic) bond motifs is 1. The third-order valence-corrected chi connectivity index (χ3v) is 8.14. The summed E-state index contributed by atoms with van der Waals surface area (Å²) in [5, 5.41) is 3.02. The second-order valence-corrected chi connectivity index (χ2v) is 14.0. The maximum absolute atomic E-state index is 14.2. The predicted molar refractivity (Wildman–Crippen MR) is 166 cm³/mol. The molecule has 0 aromatic heterocycles. The van der Waals surface area contributed by atoms with Gasteiger partial charge in [-0.25, -0.2) is 8.42 Å². The first-order valence-electron chi connectivity index (χ1n) is 13.6. The summed E-state index contributed by atoms with van der Waals surface area (Å²) in [6.07, 6.45) is 1.29. The lowest BCUT2D eigenvalue weighted by Crippen LogP contribution is -2.56. The van der Waals surface area contributed by atoms with E-state index in [0.29, 0.717) is 24.7 Å². The van der Waals surface area contributed by atoms with Crippen molar-refractivity contribution in [2.24, 2.45) is 0 Å². The highest BCUT2D eigenvalue weighted by atomic mass is 79.9. The van der Waals surface area contributed by atoms with Crippen molar-refractivity contribution < 1.29 is 27.5 Å². The molecule has 1 heterocycles. The molecule has 0 radical (unpaired) electrons. The minimum Gasteiger partial charge on any atom is -0.486 e. The summed E-state index contributed by atoms with van der Waals surface area (Å²) in [5.41, 5.74) is 1.35. The Morgan fingerprint density at radius 2 is 1.60 bits per heavy atom. The van der Waals surface area contributed by atoms with Crippen LogP contribution < -0.4 is 19.1 Å².